The van der Waals surface area contributed by atoms with E-state index in [2.05, 4.69) is 56.2 Å². The number of aromatic amines is 1. The van der Waals surface area contributed by atoms with Gasteiger partial charge in [-0.15, -0.1) is 11.3 Å². The Morgan fingerprint density at radius 2 is 2.05 bits per heavy atom. The molecule has 2 nitrogen and oxygen atoms in total. The summed E-state index contributed by atoms with van der Waals surface area (Å²) in [5.41, 5.74) is 2.22. The Morgan fingerprint density at radius 1 is 1.15 bits per heavy atom. The summed E-state index contributed by atoms with van der Waals surface area (Å²) in [7, 11) is 0. The van der Waals surface area contributed by atoms with E-state index in [1.165, 1.54) is 15.0 Å². The van der Waals surface area contributed by atoms with Crippen LogP contribution in [0, 0.1) is 0 Å². The van der Waals surface area contributed by atoms with Gasteiger partial charge in [-0.05, 0) is 30.3 Å². The summed E-state index contributed by atoms with van der Waals surface area (Å²) < 4.78 is 3.40. The molecule has 2 heterocycles. The number of benzene rings is 2. The first-order valence-corrected chi connectivity index (χ1v) is 8.52. The van der Waals surface area contributed by atoms with Gasteiger partial charge in [0.05, 0.1) is 10.2 Å². The molecule has 2 aromatic heterocycles. The molecule has 0 unspecified atom stereocenters. The van der Waals surface area contributed by atoms with E-state index in [1.54, 1.807) is 23.1 Å². The van der Waals surface area contributed by atoms with Gasteiger partial charge in [0, 0.05) is 26.5 Å². The van der Waals surface area contributed by atoms with Crippen molar-refractivity contribution in [2.24, 2.45) is 0 Å². The number of H-pyrrole nitrogens is 1. The number of aromatic nitrogens is 2. The summed E-state index contributed by atoms with van der Waals surface area (Å²) in [6.07, 6.45) is 2.05. The third-order valence-corrected chi connectivity index (χ3v) is 5.73. The van der Waals surface area contributed by atoms with Crippen LogP contribution in [-0.4, -0.2) is 9.97 Å². The van der Waals surface area contributed by atoms with Crippen LogP contribution < -0.4 is 0 Å². The van der Waals surface area contributed by atoms with Crippen LogP contribution in [0.5, 0.6) is 0 Å². The zero-order valence-corrected chi connectivity index (χ0v) is 13.5. The monoisotopic (exact) mass is 360 g/mol. The van der Waals surface area contributed by atoms with Gasteiger partial charge in [-0.2, -0.15) is 0 Å². The van der Waals surface area contributed by atoms with Crippen LogP contribution >= 0.6 is 39.0 Å². The molecule has 0 radical (unpaired) electrons. The van der Waals surface area contributed by atoms with Gasteiger partial charge in [0.25, 0.3) is 0 Å². The summed E-state index contributed by atoms with van der Waals surface area (Å²) in [6.45, 7) is 0. The fourth-order valence-corrected chi connectivity index (χ4v) is 4.63. The van der Waals surface area contributed by atoms with Crippen LogP contribution in [0.2, 0.25) is 0 Å². The van der Waals surface area contributed by atoms with Crippen molar-refractivity contribution < 1.29 is 0 Å². The van der Waals surface area contributed by atoms with E-state index in [4.69, 9.17) is 0 Å². The fraction of sp³-hybridized carbons (Fsp3) is 0. The van der Waals surface area contributed by atoms with Crippen LogP contribution in [0.3, 0.4) is 0 Å². The van der Waals surface area contributed by atoms with E-state index in [-0.39, 0.29) is 0 Å². The van der Waals surface area contributed by atoms with E-state index in [0.29, 0.717) is 0 Å². The Balaban J connectivity index is 1.78. The molecule has 2 aromatic carbocycles. The number of hydrogen-bond donors (Lipinski definition) is 1. The Kier molecular flexibility index (Phi) is 3.06. The van der Waals surface area contributed by atoms with Gasteiger partial charge in [0.1, 0.15) is 0 Å². The number of hydrogen-bond acceptors (Lipinski definition) is 3. The van der Waals surface area contributed by atoms with Gasteiger partial charge in [0.15, 0.2) is 4.34 Å². The zero-order valence-electron chi connectivity index (χ0n) is 10.3. The molecule has 0 saturated heterocycles. The predicted octanol–water partition coefficient (Wildman–Crippen LogP) is 5.69. The molecular formula is C15H9BrN2S2. The van der Waals surface area contributed by atoms with Crippen molar-refractivity contribution in [2.45, 2.75) is 9.24 Å². The zero-order chi connectivity index (χ0) is 13.5. The Labute approximate surface area is 132 Å². The van der Waals surface area contributed by atoms with Crippen LogP contribution in [0.25, 0.3) is 21.1 Å². The molecule has 0 bridgehead atoms. The molecule has 98 valence electrons. The average Bonchev–Trinajstić information content (AvgIpc) is 3.03. The Morgan fingerprint density at radius 3 is 2.95 bits per heavy atom. The molecule has 0 fully saturated rings. The summed E-state index contributed by atoms with van der Waals surface area (Å²) in [6, 6.07) is 14.5. The lowest BCUT2D eigenvalue weighted by Crippen LogP contribution is -1.71. The first-order chi connectivity index (χ1) is 9.79. The molecule has 4 aromatic rings. The molecule has 0 aliphatic rings. The van der Waals surface area contributed by atoms with Gasteiger partial charge in [0.2, 0.25) is 0 Å². The molecular weight excluding hydrogens is 352 g/mol. The van der Waals surface area contributed by atoms with E-state index in [9.17, 15) is 0 Å². The third-order valence-electron chi connectivity index (χ3n) is 3.08. The quantitative estimate of drug-likeness (QED) is 0.497. The molecule has 4 rings (SSSR count). The number of thiazole rings is 1. The van der Waals surface area contributed by atoms with Gasteiger partial charge >= 0.3 is 0 Å². The predicted molar refractivity (Wildman–Crippen MR) is 89.7 cm³/mol. The second-order valence-electron chi connectivity index (χ2n) is 4.39. The van der Waals surface area contributed by atoms with Gasteiger partial charge < -0.3 is 4.98 Å². The van der Waals surface area contributed by atoms with Crippen molar-refractivity contribution in [1.82, 2.24) is 9.97 Å². The smallest absolute Gasteiger partial charge is 0.155 e. The van der Waals surface area contributed by atoms with Gasteiger partial charge in [-0.1, -0.05) is 39.8 Å². The highest BCUT2D eigenvalue weighted by molar-refractivity contribution is 9.10. The maximum atomic E-state index is 4.67. The van der Waals surface area contributed by atoms with Crippen LogP contribution in [0.15, 0.2) is 62.4 Å². The van der Waals surface area contributed by atoms with Crippen molar-refractivity contribution in [2.75, 3.05) is 0 Å². The molecule has 0 aliphatic carbocycles. The van der Waals surface area contributed by atoms with E-state index in [0.717, 1.165) is 19.8 Å². The van der Waals surface area contributed by atoms with E-state index >= 15 is 0 Å². The standard InChI is InChI=1S/C15H9BrN2S2/c16-9-5-6-11-10(7-9)14(8-17-11)20-15-18-12-3-1-2-4-13(12)19-15/h1-8,17H. The number of para-hydroxylation sites is 1. The Hall–Kier alpha value is -1.30. The lowest BCUT2D eigenvalue weighted by Gasteiger charge is -1.96. The summed E-state index contributed by atoms with van der Waals surface area (Å²) in [5, 5.41) is 1.23. The Bertz CT molecular complexity index is 877. The minimum absolute atomic E-state index is 1.07. The van der Waals surface area contributed by atoms with Crippen molar-refractivity contribution in [3.8, 4) is 0 Å². The number of rotatable bonds is 2. The molecule has 0 spiro atoms. The molecule has 0 saturated carbocycles. The highest BCUT2D eigenvalue weighted by atomic mass is 79.9. The molecule has 0 amide bonds. The largest absolute Gasteiger partial charge is 0.360 e. The topological polar surface area (TPSA) is 28.7 Å². The summed E-state index contributed by atoms with van der Waals surface area (Å²) in [4.78, 5) is 9.19. The van der Waals surface area contributed by atoms with E-state index < -0.39 is 0 Å². The normalized spacial score (nSPS) is 11.4. The third kappa shape index (κ3) is 2.16. The minimum Gasteiger partial charge on any atom is -0.360 e. The molecule has 5 heteroatoms. The average molecular weight is 361 g/mol. The number of nitrogens with one attached hydrogen (secondary N) is 1. The van der Waals surface area contributed by atoms with Crippen molar-refractivity contribution in [3.63, 3.8) is 0 Å². The molecule has 0 aliphatic heterocycles. The second-order valence-corrected chi connectivity index (χ2v) is 7.63. The number of nitrogens with zero attached hydrogens (tertiary/aromatic N) is 1. The lowest BCUT2D eigenvalue weighted by molar-refractivity contribution is 1.30. The molecule has 1 N–H and O–H groups in total. The van der Waals surface area contributed by atoms with Crippen LogP contribution in [0.4, 0.5) is 0 Å². The van der Waals surface area contributed by atoms with Crippen molar-refractivity contribution in [1.29, 1.82) is 0 Å². The summed E-state index contributed by atoms with van der Waals surface area (Å²) in [5.74, 6) is 0. The lowest BCUT2D eigenvalue weighted by atomic mass is 10.2. The van der Waals surface area contributed by atoms with Crippen LogP contribution in [0.1, 0.15) is 0 Å². The summed E-state index contributed by atoms with van der Waals surface area (Å²) >= 11 is 6.98. The highest BCUT2D eigenvalue weighted by Crippen LogP contribution is 2.38. The first kappa shape index (κ1) is 12.4. The molecule has 0 atom stereocenters. The van der Waals surface area contributed by atoms with Crippen LogP contribution in [-0.2, 0) is 0 Å². The highest BCUT2D eigenvalue weighted by Gasteiger charge is 2.09. The first-order valence-electron chi connectivity index (χ1n) is 6.10. The maximum absolute atomic E-state index is 4.67. The number of halogens is 1. The van der Waals surface area contributed by atoms with Gasteiger partial charge in [-0.3, -0.25) is 0 Å². The number of fused-ring (bicyclic) bond motifs is 2. The van der Waals surface area contributed by atoms with Gasteiger partial charge in [-0.25, -0.2) is 4.98 Å². The van der Waals surface area contributed by atoms with Crippen molar-refractivity contribution >= 4 is 60.1 Å². The fourth-order valence-electron chi connectivity index (χ4n) is 2.14. The minimum atomic E-state index is 1.07. The second kappa shape index (κ2) is 4.91. The SMILES string of the molecule is Brc1ccc2[nH]cc(Sc3nc4ccccc4s3)c2c1. The maximum Gasteiger partial charge on any atom is 0.155 e. The molecule has 20 heavy (non-hydrogen) atoms. The van der Waals surface area contributed by atoms with Crippen molar-refractivity contribution in [3.05, 3.63) is 53.1 Å². The van der Waals surface area contributed by atoms with E-state index in [1.807, 2.05) is 18.3 Å².